The Morgan fingerprint density at radius 1 is 0.576 bits per heavy atom. The zero-order chi connectivity index (χ0) is 22.4. The van der Waals surface area contributed by atoms with Crippen molar-refractivity contribution in [2.45, 2.75) is 26.2 Å². The van der Waals surface area contributed by atoms with Gasteiger partial charge in [-0.3, -0.25) is 0 Å². The van der Waals surface area contributed by atoms with E-state index in [1.165, 1.54) is 0 Å². The first-order valence-electron chi connectivity index (χ1n) is 11.4. The van der Waals surface area contributed by atoms with Crippen molar-refractivity contribution >= 4 is 34.4 Å². The fourth-order valence-corrected chi connectivity index (χ4v) is 5.04. The Balaban J connectivity index is 1.38. The molecule has 6 heteroatoms. The summed E-state index contributed by atoms with van der Waals surface area (Å²) in [4.78, 5) is 19.0. The molecule has 2 atom stereocenters. The number of hydrogen-bond donors (Lipinski definition) is 0. The standard InChI is InChI=1S/C27H26N6/c1-20-30(24-15-9-17-28-26(24)32(20)22-11-5-3-6-12-22)19-31-21(2)33(23-13-7-4-8-14-23)27-25(31)16-10-18-29-27/h3-18,20-21H,19H2,1-2H3/t20-,21+. The molecule has 0 bridgehead atoms. The predicted octanol–water partition coefficient (Wildman–Crippen LogP) is 5.74. The summed E-state index contributed by atoms with van der Waals surface area (Å²) >= 11 is 0. The smallest absolute Gasteiger partial charge is 0.158 e. The molecule has 0 amide bonds. The fourth-order valence-electron chi connectivity index (χ4n) is 5.04. The second kappa shape index (κ2) is 7.81. The Kier molecular flexibility index (Phi) is 4.64. The van der Waals surface area contributed by atoms with Crippen LogP contribution in [0.4, 0.5) is 34.4 Å². The van der Waals surface area contributed by atoms with Crippen molar-refractivity contribution in [2.24, 2.45) is 0 Å². The van der Waals surface area contributed by atoms with Gasteiger partial charge in [0.15, 0.2) is 11.6 Å². The predicted molar refractivity (Wildman–Crippen MR) is 134 cm³/mol. The van der Waals surface area contributed by atoms with Gasteiger partial charge in [-0.15, -0.1) is 0 Å². The van der Waals surface area contributed by atoms with Gasteiger partial charge in [0.05, 0.1) is 18.0 Å². The van der Waals surface area contributed by atoms with Gasteiger partial charge >= 0.3 is 0 Å². The highest BCUT2D eigenvalue weighted by Crippen LogP contribution is 2.46. The summed E-state index contributed by atoms with van der Waals surface area (Å²) in [6, 6.07) is 29.4. The van der Waals surface area contributed by atoms with Crippen LogP contribution in [0.5, 0.6) is 0 Å². The van der Waals surface area contributed by atoms with Gasteiger partial charge < -0.3 is 19.6 Å². The first kappa shape index (κ1) is 19.6. The summed E-state index contributed by atoms with van der Waals surface area (Å²) in [5.41, 5.74) is 4.58. The summed E-state index contributed by atoms with van der Waals surface area (Å²) in [5.74, 6) is 1.99. The van der Waals surface area contributed by atoms with Crippen LogP contribution in [0.25, 0.3) is 0 Å². The first-order chi connectivity index (χ1) is 16.2. The van der Waals surface area contributed by atoms with Gasteiger partial charge in [-0.2, -0.15) is 0 Å². The highest BCUT2D eigenvalue weighted by atomic mass is 15.5. The maximum atomic E-state index is 4.76. The second-order valence-corrected chi connectivity index (χ2v) is 8.45. The van der Waals surface area contributed by atoms with E-state index in [2.05, 4.69) is 106 Å². The molecular weight excluding hydrogens is 408 g/mol. The maximum absolute atomic E-state index is 4.76. The number of para-hydroxylation sites is 2. The molecule has 2 aromatic heterocycles. The van der Waals surface area contributed by atoms with Gasteiger partial charge in [0.25, 0.3) is 0 Å². The quantitative estimate of drug-likeness (QED) is 0.408. The van der Waals surface area contributed by atoms with Crippen molar-refractivity contribution < 1.29 is 0 Å². The molecular formula is C27H26N6. The molecule has 0 fully saturated rings. The Bertz CT molecular complexity index is 1160. The van der Waals surface area contributed by atoms with E-state index in [-0.39, 0.29) is 12.3 Å². The van der Waals surface area contributed by atoms with Gasteiger partial charge in [0.2, 0.25) is 0 Å². The molecule has 2 aromatic carbocycles. The van der Waals surface area contributed by atoms with E-state index >= 15 is 0 Å². The van der Waals surface area contributed by atoms with Crippen molar-refractivity contribution in [3.63, 3.8) is 0 Å². The van der Waals surface area contributed by atoms with Gasteiger partial charge in [0.1, 0.15) is 12.3 Å². The lowest BCUT2D eigenvalue weighted by Crippen LogP contribution is -2.49. The number of rotatable bonds is 4. The van der Waals surface area contributed by atoms with Crippen LogP contribution >= 0.6 is 0 Å². The molecule has 0 saturated heterocycles. The number of nitrogens with zero attached hydrogens (tertiary/aromatic N) is 6. The summed E-state index contributed by atoms with van der Waals surface area (Å²) < 4.78 is 0. The molecule has 2 aliphatic rings. The van der Waals surface area contributed by atoms with Gasteiger partial charge in [0, 0.05) is 23.8 Å². The highest BCUT2D eigenvalue weighted by molar-refractivity contribution is 5.83. The first-order valence-corrected chi connectivity index (χ1v) is 11.4. The van der Waals surface area contributed by atoms with Crippen molar-refractivity contribution in [2.75, 3.05) is 26.3 Å². The van der Waals surface area contributed by atoms with E-state index in [0.29, 0.717) is 0 Å². The third-order valence-corrected chi connectivity index (χ3v) is 6.63. The zero-order valence-corrected chi connectivity index (χ0v) is 18.8. The lowest BCUT2D eigenvalue weighted by Gasteiger charge is -2.36. The minimum atomic E-state index is 0.121. The molecule has 0 N–H and O–H groups in total. The Labute approximate surface area is 194 Å². The van der Waals surface area contributed by atoms with Crippen molar-refractivity contribution in [1.29, 1.82) is 0 Å². The topological polar surface area (TPSA) is 38.7 Å². The zero-order valence-electron chi connectivity index (χ0n) is 18.8. The average Bonchev–Trinajstić information content (AvgIpc) is 3.31. The normalized spacial score (nSPS) is 19.1. The van der Waals surface area contributed by atoms with Gasteiger partial charge in [-0.1, -0.05) is 36.4 Å². The lowest BCUT2D eigenvalue weighted by atomic mass is 10.3. The third kappa shape index (κ3) is 3.09. The third-order valence-electron chi connectivity index (χ3n) is 6.63. The minimum Gasteiger partial charge on any atom is -0.330 e. The van der Waals surface area contributed by atoms with Gasteiger partial charge in [-0.05, 0) is 62.4 Å². The molecule has 4 heterocycles. The van der Waals surface area contributed by atoms with Crippen LogP contribution in [-0.2, 0) is 0 Å². The molecule has 33 heavy (non-hydrogen) atoms. The molecule has 0 unspecified atom stereocenters. The summed E-state index contributed by atoms with van der Waals surface area (Å²) in [6.45, 7) is 5.22. The van der Waals surface area contributed by atoms with E-state index in [1.54, 1.807) is 0 Å². The number of aromatic nitrogens is 2. The monoisotopic (exact) mass is 434 g/mol. The fraction of sp³-hybridized carbons (Fsp3) is 0.185. The van der Waals surface area contributed by atoms with E-state index in [9.17, 15) is 0 Å². The van der Waals surface area contributed by atoms with Crippen molar-refractivity contribution in [3.8, 4) is 0 Å². The van der Waals surface area contributed by atoms with Crippen LogP contribution < -0.4 is 19.6 Å². The molecule has 6 rings (SSSR count). The van der Waals surface area contributed by atoms with Crippen LogP contribution in [0.1, 0.15) is 13.8 Å². The Hall–Kier alpha value is -4.06. The van der Waals surface area contributed by atoms with Crippen molar-refractivity contribution in [1.82, 2.24) is 9.97 Å². The molecule has 0 spiro atoms. The highest BCUT2D eigenvalue weighted by Gasteiger charge is 2.40. The molecule has 0 radical (unpaired) electrons. The summed E-state index contributed by atoms with van der Waals surface area (Å²) in [5, 5.41) is 0. The average molecular weight is 435 g/mol. The minimum absolute atomic E-state index is 0.121. The summed E-state index contributed by atoms with van der Waals surface area (Å²) in [6.07, 6.45) is 3.99. The molecule has 2 aliphatic heterocycles. The lowest BCUT2D eigenvalue weighted by molar-refractivity contribution is 0.606. The number of fused-ring (bicyclic) bond motifs is 2. The number of pyridine rings is 2. The van der Waals surface area contributed by atoms with Crippen LogP contribution in [0, 0.1) is 0 Å². The maximum Gasteiger partial charge on any atom is 0.158 e. The van der Waals surface area contributed by atoms with E-state index in [1.807, 2.05) is 24.5 Å². The van der Waals surface area contributed by atoms with Gasteiger partial charge in [-0.25, -0.2) is 9.97 Å². The van der Waals surface area contributed by atoms with E-state index in [0.717, 1.165) is 41.1 Å². The number of hydrogen-bond acceptors (Lipinski definition) is 6. The molecule has 6 nitrogen and oxygen atoms in total. The second-order valence-electron chi connectivity index (χ2n) is 8.45. The van der Waals surface area contributed by atoms with E-state index in [4.69, 9.17) is 9.97 Å². The molecule has 0 aliphatic carbocycles. The Morgan fingerprint density at radius 3 is 1.42 bits per heavy atom. The SMILES string of the molecule is C[C@@H]1N(CN2c3cccnc3N(c3ccccc3)[C@H]2C)c2cccnc2N1c1ccccc1. The number of anilines is 6. The van der Waals surface area contributed by atoms with Crippen LogP contribution in [0.2, 0.25) is 0 Å². The number of benzene rings is 2. The molecule has 4 aromatic rings. The van der Waals surface area contributed by atoms with Crippen LogP contribution in [-0.4, -0.2) is 29.0 Å². The molecule has 0 saturated carbocycles. The Morgan fingerprint density at radius 2 is 1.00 bits per heavy atom. The largest absolute Gasteiger partial charge is 0.330 e. The van der Waals surface area contributed by atoms with Crippen LogP contribution in [0.3, 0.4) is 0 Å². The van der Waals surface area contributed by atoms with E-state index < -0.39 is 0 Å². The van der Waals surface area contributed by atoms with Crippen LogP contribution in [0.15, 0.2) is 97.3 Å². The molecule has 164 valence electrons. The van der Waals surface area contributed by atoms with Crippen molar-refractivity contribution in [3.05, 3.63) is 97.3 Å². The summed E-state index contributed by atoms with van der Waals surface area (Å²) in [7, 11) is 0.